The average molecular weight is 279 g/mol. The van der Waals surface area contributed by atoms with E-state index in [1.165, 1.54) is 5.56 Å². The molecule has 4 nitrogen and oxygen atoms in total. The molecule has 0 spiro atoms. The van der Waals surface area contributed by atoms with Gasteiger partial charge >= 0.3 is 5.97 Å². The second-order valence-corrected chi connectivity index (χ2v) is 5.82. The Morgan fingerprint density at radius 3 is 2.60 bits per heavy atom. The molecule has 0 radical (unpaired) electrons. The number of rotatable bonds is 6. The number of hydrogen-bond acceptors (Lipinski definition) is 4. The summed E-state index contributed by atoms with van der Waals surface area (Å²) in [6.45, 7) is 8.37. The molecule has 112 valence electrons. The van der Waals surface area contributed by atoms with Crippen molar-refractivity contribution < 1.29 is 14.3 Å². The molecule has 1 N–H and O–H groups in total. The Bertz CT molecular complexity index is 450. The van der Waals surface area contributed by atoms with E-state index in [2.05, 4.69) is 5.32 Å². The number of esters is 1. The van der Waals surface area contributed by atoms with E-state index in [-0.39, 0.29) is 5.97 Å². The molecule has 0 aliphatic heterocycles. The fraction of sp³-hybridized carbons (Fsp3) is 0.562. The van der Waals surface area contributed by atoms with Crippen LogP contribution in [0.5, 0.6) is 5.75 Å². The van der Waals surface area contributed by atoms with E-state index in [4.69, 9.17) is 9.47 Å². The van der Waals surface area contributed by atoms with Crippen molar-refractivity contribution in [2.45, 2.75) is 46.1 Å². The van der Waals surface area contributed by atoms with Crippen LogP contribution in [-0.2, 0) is 9.53 Å². The van der Waals surface area contributed by atoms with E-state index in [1.807, 2.05) is 45.9 Å². The molecule has 0 unspecified atom stereocenters. The molecule has 0 atom stereocenters. The highest BCUT2D eigenvalue weighted by Crippen LogP contribution is 2.25. The number of nitrogens with one attached hydrogen (secondary N) is 1. The Morgan fingerprint density at radius 2 is 2.00 bits per heavy atom. The molecule has 0 bridgehead atoms. The molecule has 0 fully saturated rings. The third kappa shape index (κ3) is 5.95. The quantitative estimate of drug-likeness (QED) is 0.639. The van der Waals surface area contributed by atoms with E-state index in [1.54, 1.807) is 7.11 Å². The topological polar surface area (TPSA) is 47.6 Å². The lowest BCUT2D eigenvalue weighted by atomic mass is 10.2. The Labute approximate surface area is 121 Å². The molecule has 0 heterocycles. The van der Waals surface area contributed by atoms with Gasteiger partial charge < -0.3 is 14.8 Å². The SMILES string of the molecule is COc1ccc(C)cc1NCCCC(=O)OC(C)(C)C. The van der Waals surface area contributed by atoms with Crippen LogP contribution in [-0.4, -0.2) is 25.2 Å². The van der Waals surface area contributed by atoms with Crippen molar-refractivity contribution in [3.8, 4) is 5.75 Å². The summed E-state index contributed by atoms with van der Waals surface area (Å²) in [6, 6.07) is 5.97. The molecular weight excluding hydrogens is 254 g/mol. The summed E-state index contributed by atoms with van der Waals surface area (Å²) in [4.78, 5) is 11.6. The maximum Gasteiger partial charge on any atom is 0.306 e. The maximum atomic E-state index is 11.6. The van der Waals surface area contributed by atoms with Gasteiger partial charge in [-0.1, -0.05) is 6.07 Å². The van der Waals surface area contributed by atoms with Crippen LogP contribution in [0, 0.1) is 6.92 Å². The maximum absolute atomic E-state index is 11.6. The zero-order valence-corrected chi connectivity index (χ0v) is 13.1. The number of benzene rings is 1. The number of ether oxygens (including phenoxy) is 2. The largest absolute Gasteiger partial charge is 0.495 e. The van der Waals surface area contributed by atoms with E-state index in [0.717, 1.165) is 17.9 Å². The molecule has 1 aromatic carbocycles. The lowest BCUT2D eigenvalue weighted by Gasteiger charge is -2.19. The first-order valence-electron chi connectivity index (χ1n) is 6.92. The minimum Gasteiger partial charge on any atom is -0.495 e. The molecule has 1 aromatic rings. The van der Waals surface area contributed by atoms with Gasteiger partial charge in [-0.05, 0) is 51.8 Å². The van der Waals surface area contributed by atoms with Crippen LogP contribution >= 0.6 is 0 Å². The Balaban J connectivity index is 2.38. The van der Waals surface area contributed by atoms with Gasteiger partial charge in [0.1, 0.15) is 11.4 Å². The van der Waals surface area contributed by atoms with Gasteiger partial charge in [-0.15, -0.1) is 0 Å². The van der Waals surface area contributed by atoms with Gasteiger partial charge in [-0.25, -0.2) is 0 Å². The summed E-state index contributed by atoms with van der Waals surface area (Å²) >= 11 is 0. The Hall–Kier alpha value is -1.71. The third-order valence-electron chi connectivity index (χ3n) is 2.65. The van der Waals surface area contributed by atoms with E-state index in [0.29, 0.717) is 13.0 Å². The van der Waals surface area contributed by atoms with Crippen LogP contribution in [0.3, 0.4) is 0 Å². The highest BCUT2D eigenvalue weighted by Gasteiger charge is 2.15. The predicted molar refractivity (Wildman–Crippen MR) is 81.3 cm³/mol. The molecule has 0 aliphatic rings. The van der Waals surface area contributed by atoms with Gasteiger partial charge in [0.25, 0.3) is 0 Å². The van der Waals surface area contributed by atoms with E-state index >= 15 is 0 Å². The minimum absolute atomic E-state index is 0.157. The lowest BCUT2D eigenvalue weighted by Crippen LogP contribution is -2.24. The van der Waals surface area contributed by atoms with Crippen molar-refractivity contribution >= 4 is 11.7 Å². The summed E-state index contributed by atoms with van der Waals surface area (Å²) in [5.74, 6) is 0.656. The zero-order chi connectivity index (χ0) is 15.2. The van der Waals surface area contributed by atoms with Gasteiger partial charge in [-0.3, -0.25) is 4.79 Å². The van der Waals surface area contributed by atoms with Crippen LogP contribution in [0.25, 0.3) is 0 Å². The highest BCUT2D eigenvalue weighted by molar-refractivity contribution is 5.69. The number of carbonyl (C=O) groups excluding carboxylic acids is 1. The van der Waals surface area contributed by atoms with E-state index < -0.39 is 5.60 Å². The summed E-state index contributed by atoms with van der Waals surface area (Å²) < 4.78 is 10.6. The second kappa shape index (κ2) is 7.17. The zero-order valence-electron chi connectivity index (χ0n) is 13.1. The molecule has 1 rings (SSSR count). The smallest absolute Gasteiger partial charge is 0.306 e. The molecule has 0 aromatic heterocycles. The van der Waals surface area contributed by atoms with Crippen LogP contribution in [0.4, 0.5) is 5.69 Å². The molecular formula is C16H25NO3. The fourth-order valence-electron chi connectivity index (χ4n) is 1.81. The molecule has 0 saturated carbocycles. The summed E-state index contributed by atoms with van der Waals surface area (Å²) in [7, 11) is 1.65. The lowest BCUT2D eigenvalue weighted by molar-refractivity contribution is -0.154. The number of carbonyl (C=O) groups is 1. The monoisotopic (exact) mass is 279 g/mol. The number of methoxy groups -OCH3 is 1. The van der Waals surface area contributed by atoms with Crippen molar-refractivity contribution in [1.29, 1.82) is 0 Å². The minimum atomic E-state index is -0.412. The normalized spacial score (nSPS) is 11.1. The molecule has 20 heavy (non-hydrogen) atoms. The van der Waals surface area contributed by atoms with Gasteiger partial charge in [0.05, 0.1) is 12.8 Å². The first kappa shape index (κ1) is 16.3. The van der Waals surface area contributed by atoms with Crippen LogP contribution in [0.2, 0.25) is 0 Å². The third-order valence-corrected chi connectivity index (χ3v) is 2.65. The van der Waals surface area contributed by atoms with Crippen LogP contribution in [0.15, 0.2) is 18.2 Å². The summed E-state index contributed by atoms with van der Waals surface area (Å²) in [5.41, 5.74) is 1.71. The molecule has 0 amide bonds. The molecule has 0 aliphatic carbocycles. The van der Waals surface area contributed by atoms with Crippen molar-refractivity contribution in [1.82, 2.24) is 0 Å². The number of aryl methyl sites for hydroxylation is 1. The molecule has 0 saturated heterocycles. The van der Waals surface area contributed by atoms with Crippen molar-refractivity contribution in [3.05, 3.63) is 23.8 Å². The van der Waals surface area contributed by atoms with Crippen LogP contribution in [0.1, 0.15) is 39.2 Å². The Morgan fingerprint density at radius 1 is 1.30 bits per heavy atom. The number of hydrogen-bond donors (Lipinski definition) is 1. The van der Waals surface area contributed by atoms with Crippen molar-refractivity contribution in [2.75, 3.05) is 19.0 Å². The van der Waals surface area contributed by atoms with Gasteiger partial charge in [0, 0.05) is 13.0 Å². The predicted octanol–water partition coefficient (Wildman–Crippen LogP) is 3.54. The van der Waals surface area contributed by atoms with Gasteiger partial charge in [0.2, 0.25) is 0 Å². The summed E-state index contributed by atoms with van der Waals surface area (Å²) in [5, 5.41) is 3.29. The molecule has 4 heteroatoms. The standard InChI is InChI=1S/C16H25NO3/c1-12-8-9-14(19-5)13(11-12)17-10-6-7-15(18)20-16(2,3)4/h8-9,11,17H,6-7,10H2,1-5H3. The van der Waals surface area contributed by atoms with Gasteiger partial charge in [0.15, 0.2) is 0 Å². The Kier molecular flexibility index (Phi) is 5.86. The first-order valence-corrected chi connectivity index (χ1v) is 6.92. The van der Waals surface area contributed by atoms with Gasteiger partial charge in [-0.2, -0.15) is 0 Å². The second-order valence-electron chi connectivity index (χ2n) is 5.82. The highest BCUT2D eigenvalue weighted by atomic mass is 16.6. The fourth-order valence-corrected chi connectivity index (χ4v) is 1.81. The first-order chi connectivity index (χ1) is 9.31. The van der Waals surface area contributed by atoms with Crippen molar-refractivity contribution in [3.63, 3.8) is 0 Å². The van der Waals surface area contributed by atoms with Crippen molar-refractivity contribution in [2.24, 2.45) is 0 Å². The summed E-state index contributed by atoms with van der Waals surface area (Å²) in [6.07, 6.45) is 1.14. The number of anilines is 1. The van der Waals surface area contributed by atoms with Crippen LogP contribution < -0.4 is 10.1 Å². The van der Waals surface area contributed by atoms with E-state index in [9.17, 15) is 4.79 Å². The average Bonchev–Trinajstić information content (AvgIpc) is 2.33.